The SMILES string of the molecule is CCOc1cc(C#N)ccc1OCC(=O)N(C)Cc1ccccc1. The van der Waals surface area contributed by atoms with E-state index in [0.717, 1.165) is 5.56 Å². The van der Waals surface area contributed by atoms with Crippen LogP contribution < -0.4 is 9.47 Å². The third-order valence-electron chi connectivity index (χ3n) is 3.41. The van der Waals surface area contributed by atoms with Gasteiger partial charge in [-0.2, -0.15) is 5.26 Å². The van der Waals surface area contributed by atoms with E-state index in [0.29, 0.717) is 30.2 Å². The van der Waals surface area contributed by atoms with E-state index in [4.69, 9.17) is 14.7 Å². The van der Waals surface area contributed by atoms with Crippen molar-refractivity contribution in [3.05, 3.63) is 59.7 Å². The Balaban J connectivity index is 1.97. The predicted molar refractivity (Wildman–Crippen MR) is 90.7 cm³/mol. The monoisotopic (exact) mass is 324 g/mol. The topological polar surface area (TPSA) is 62.6 Å². The summed E-state index contributed by atoms with van der Waals surface area (Å²) in [7, 11) is 1.74. The molecule has 2 rings (SSSR count). The molecule has 0 aliphatic heterocycles. The lowest BCUT2D eigenvalue weighted by Crippen LogP contribution is -2.31. The van der Waals surface area contributed by atoms with Crippen molar-refractivity contribution in [2.24, 2.45) is 0 Å². The minimum absolute atomic E-state index is 0.0880. The zero-order valence-corrected chi connectivity index (χ0v) is 13.9. The number of amides is 1. The Morgan fingerprint density at radius 2 is 1.88 bits per heavy atom. The molecule has 0 aromatic heterocycles. The van der Waals surface area contributed by atoms with Crippen LogP contribution in [0.25, 0.3) is 0 Å². The third-order valence-corrected chi connectivity index (χ3v) is 3.41. The second-order valence-electron chi connectivity index (χ2n) is 5.23. The van der Waals surface area contributed by atoms with Gasteiger partial charge in [0.25, 0.3) is 5.91 Å². The van der Waals surface area contributed by atoms with E-state index in [1.165, 1.54) is 0 Å². The summed E-state index contributed by atoms with van der Waals surface area (Å²) >= 11 is 0. The summed E-state index contributed by atoms with van der Waals surface area (Å²) in [6, 6.07) is 16.7. The quantitative estimate of drug-likeness (QED) is 0.785. The molecule has 0 aliphatic rings. The van der Waals surface area contributed by atoms with Crippen LogP contribution >= 0.6 is 0 Å². The van der Waals surface area contributed by atoms with Gasteiger partial charge in [0.2, 0.25) is 0 Å². The molecule has 0 aliphatic carbocycles. The summed E-state index contributed by atoms with van der Waals surface area (Å²) in [6.45, 7) is 2.73. The molecule has 1 amide bonds. The molecule has 0 heterocycles. The van der Waals surface area contributed by atoms with Crippen molar-refractivity contribution in [2.75, 3.05) is 20.3 Å². The Hall–Kier alpha value is -3.00. The summed E-state index contributed by atoms with van der Waals surface area (Å²) in [5.41, 5.74) is 1.54. The first-order valence-corrected chi connectivity index (χ1v) is 7.71. The first-order valence-electron chi connectivity index (χ1n) is 7.71. The minimum atomic E-state index is -0.134. The minimum Gasteiger partial charge on any atom is -0.490 e. The van der Waals surface area contributed by atoms with Gasteiger partial charge in [0.15, 0.2) is 18.1 Å². The number of carbonyl (C=O) groups is 1. The Bertz CT molecular complexity index is 723. The third kappa shape index (κ3) is 4.75. The Labute approximate surface area is 142 Å². The molecule has 2 aromatic carbocycles. The van der Waals surface area contributed by atoms with E-state index >= 15 is 0 Å². The molecular weight excluding hydrogens is 304 g/mol. The van der Waals surface area contributed by atoms with Crippen LogP contribution in [-0.4, -0.2) is 31.1 Å². The summed E-state index contributed by atoms with van der Waals surface area (Å²) < 4.78 is 11.1. The predicted octanol–water partition coefficient (Wildman–Crippen LogP) is 2.99. The van der Waals surface area contributed by atoms with Crippen LogP contribution in [0.15, 0.2) is 48.5 Å². The number of ether oxygens (including phenoxy) is 2. The van der Waals surface area contributed by atoms with Crippen LogP contribution in [0.2, 0.25) is 0 Å². The summed E-state index contributed by atoms with van der Waals surface area (Å²) in [6.07, 6.45) is 0. The highest BCUT2D eigenvalue weighted by Crippen LogP contribution is 2.28. The van der Waals surface area contributed by atoms with Gasteiger partial charge in [0.1, 0.15) is 0 Å². The van der Waals surface area contributed by atoms with E-state index in [2.05, 4.69) is 6.07 Å². The molecule has 2 aromatic rings. The zero-order valence-electron chi connectivity index (χ0n) is 13.9. The van der Waals surface area contributed by atoms with Crippen LogP contribution in [0.5, 0.6) is 11.5 Å². The number of rotatable bonds is 7. The summed E-state index contributed by atoms with van der Waals surface area (Å²) in [5, 5.41) is 8.95. The lowest BCUT2D eigenvalue weighted by atomic mass is 10.2. The lowest BCUT2D eigenvalue weighted by molar-refractivity contribution is -0.132. The Morgan fingerprint density at radius 3 is 2.54 bits per heavy atom. The van der Waals surface area contributed by atoms with Crippen molar-refractivity contribution < 1.29 is 14.3 Å². The number of carbonyl (C=O) groups excluding carboxylic acids is 1. The number of nitrogens with zero attached hydrogens (tertiary/aromatic N) is 2. The molecule has 0 atom stereocenters. The van der Waals surface area contributed by atoms with Gasteiger partial charge in [-0.25, -0.2) is 0 Å². The second kappa shape index (κ2) is 8.59. The molecule has 124 valence electrons. The molecule has 0 saturated carbocycles. The van der Waals surface area contributed by atoms with Crippen LogP contribution in [0.4, 0.5) is 0 Å². The molecule has 5 nitrogen and oxygen atoms in total. The highest BCUT2D eigenvalue weighted by Gasteiger charge is 2.13. The normalized spacial score (nSPS) is 9.88. The van der Waals surface area contributed by atoms with E-state index in [-0.39, 0.29) is 12.5 Å². The molecule has 0 radical (unpaired) electrons. The second-order valence-corrected chi connectivity index (χ2v) is 5.23. The van der Waals surface area contributed by atoms with Crippen LogP contribution in [-0.2, 0) is 11.3 Å². The van der Waals surface area contributed by atoms with E-state index in [1.807, 2.05) is 37.3 Å². The maximum Gasteiger partial charge on any atom is 0.260 e. The van der Waals surface area contributed by atoms with Crippen molar-refractivity contribution in [1.29, 1.82) is 5.26 Å². The fourth-order valence-corrected chi connectivity index (χ4v) is 2.16. The van der Waals surface area contributed by atoms with Gasteiger partial charge < -0.3 is 14.4 Å². The van der Waals surface area contributed by atoms with Crippen LogP contribution in [0.1, 0.15) is 18.1 Å². The van der Waals surface area contributed by atoms with Crippen molar-refractivity contribution in [3.63, 3.8) is 0 Å². The molecule has 0 bridgehead atoms. The number of benzene rings is 2. The van der Waals surface area contributed by atoms with Gasteiger partial charge in [-0.3, -0.25) is 4.79 Å². The van der Waals surface area contributed by atoms with Crippen molar-refractivity contribution >= 4 is 5.91 Å². The molecule has 24 heavy (non-hydrogen) atoms. The molecular formula is C19H20N2O3. The standard InChI is InChI=1S/C19H20N2O3/c1-3-23-18-11-16(12-20)9-10-17(18)24-14-19(22)21(2)13-15-7-5-4-6-8-15/h4-11H,3,13-14H2,1-2H3. The van der Waals surface area contributed by atoms with Crippen molar-refractivity contribution in [2.45, 2.75) is 13.5 Å². The van der Waals surface area contributed by atoms with Gasteiger partial charge in [0.05, 0.1) is 18.2 Å². The molecule has 5 heteroatoms. The summed E-state index contributed by atoms with van der Waals surface area (Å²) in [4.78, 5) is 13.8. The molecule has 0 spiro atoms. The van der Waals surface area contributed by atoms with Crippen LogP contribution in [0.3, 0.4) is 0 Å². The largest absolute Gasteiger partial charge is 0.490 e. The van der Waals surface area contributed by atoms with Gasteiger partial charge in [-0.05, 0) is 24.6 Å². The molecule has 0 N–H and O–H groups in total. The van der Waals surface area contributed by atoms with E-state index in [9.17, 15) is 4.79 Å². The average molecular weight is 324 g/mol. The average Bonchev–Trinajstić information content (AvgIpc) is 2.61. The smallest absolute Gasteiger partial charge is 0.260 e. The van der Waals surface area contributed by atoms with Crippen molar-refractivity contribution in [3.8, 4) is 17.6 Å². The van der Waals surface area contributed by atoms with E-state index in [1.54, 1.807) is 30.1 Å². The zero-order chi connectivity index (χ0) is 17.4. The molecule has 0 unspecified atom stereocenters. The Kier molecular flexibility index (Phi) is 6.21. The first-order chi connectivity index (χ1) is 11.6. The number of hydrogen-bond donors (Lipinski definition) is 0. The molecule has 0 fully saturated rings. The maximum absolute atomic E-state index is 12.2. The van der Waals surface area contributed by atoms with Gasteiger partial charge in [0, 0.05) is 19.7 Å². The molecule has 0 saturated heterocycles. The number of likely N-dealkylation sites (N-methyl/N-ethyl adjacent to an activating group) is 1. The fraction of sp³-hybridized carbons (Fsp3) is 0.263. The fourth-order valence-electron chi connectivity index (χ4n) is 2.16. The first kappa shape index (κ1) is 17.4. The van der Waals surface area contributed by atoms with Gasteiger partial charge >= 0.3 is 0 Å². The maximum atomic E-state index is 12.2. The van der Waals surface area contributed by atoms with Gasteiger partial charge in [-0.1, -0.05) is 30.3 Å². The summed E-state index contributed by atoms with van der Waals surface area (Å²) in [5.74, 6) is 0.790. The van der Waals surface area contributed by atoms with E-state index < -0.39 is 0 Å². The van der Waals surface area contributed by atoms with Crippen molar-refractivity contribution in [1.82, 2.24) is 4.90 Å². The number of nitriles is 1. The van der Waals surface area contributed by atoms with Crippen LogP contribution in [0, 0.1) is 11.3 Å². The highest BCUT2D eigenvalue weighted by molar-refractivity contribution is 5.77. The van der Waals surface area contributed by atoms with Gasteiger partial charge in [-0.15, -0.1) is 0 Å². The number of hydrogen-bond acceptors (Lipinski definition) is 4. The Morgan fingerprint density at radius 1 is 1.12 bits per heavy atom. The highest BCUT2D eigenvalue weighted by atomic mass is 16.5. The lowest BCUT2D eigenvalue weighted by Gasteiger charge is -2.18.